The van der Waals surface area contributed by atoms with Gasteiger partial charge >= 0.3 is 0 Å². The molecule has 0 saturated carbocycles. The number of halogens is 1. The Morgan fingerprint density at radius 3 is 2.59 bits per heavy atom. The third-order valence-electron chi connectivity index (χ3n) is 2.44. The third kappa shape index (κ3) is 5.30. The first kappa shape index (κ1) is 14.2. The number of amides is 1. The van der Waals surface area contributed by atoms with Crippen LogP contribution in [0.4, 0.5) is 0 Å². The highest BCUT2D eigenvalue weighted by molar-refractivity contribution is 9.10. The number of aliphatic hydroxyl groups is 1. The predicted octanol–water partition coefficient (Wildman–Crippen LogP) is 0.816. The van der Waals surface area contributed by atoms with Crippen molar-refractivity contribution < 1.29 is 9.90 Å². The fourth-order valence-electron chi connectivity index (χ4n) is 1.46. The van der Waals surface area contributed by atoms with Crippen molar-refractivity contribution in [2.45, 2.75) is 25.5 Å². The highest BCUT2D eigenvalue weighted by Crippen LogP contribution is 2.11. The zero-order chi connectivity index (χ0) is 12.8. The van der Waals surface area contributed by atoms with E-state index in [1.807, 2.05) is 31.2 Å². The summed E-state index contributed by atoms with van der Waals surface area (Å²) in [5, 5.41) is 12.3. The van der Waals surface area contributed by atoms with Crippen LogP contribution in [0.1, 0.15) is 12.5 Å². The molecule has 0 aliphatic carbocycles. The predicted molar refractivity (Wildman–Crippen MR) is 70.5 cm³/mol. The second-order valence-electron chi connectivity index (χ2n) is 4.06. The van der Waals surface area contributed by atoms with Gasteiger partial charge in [-0.3, -0.25) is 4.79 Å². The van der Waals surface area contributed by atoms with Crippen LogP contribution < -0.4 is 11.1 Å². The molecule has 4 nitrogen and oxygen atoms in total. The van der Waals surface area contributed by atoms with Gasteiger partial charge in [0.25, 0.3) is 0 Å². The van der Waals surface area contributed by atoms with Gasteiger partial charge in [-0.05, 0) is 31.0 Å². The van der Waals surface area contributed by atoms with Crippen molar-refractivity contribution >= 4 is 21.8 Å². The van der Waals surface area contributed by atoms with Crippen LogP contribution in [0.5, 0.6) is 0 Å². The number of carbonyl (C=O) groups excluding carboxylic acids is 1. The summed E-state index contributed by atoms with van der Waals surface area (Å²) in [6.07, 6.45) is -0.291. The summed E-state index contributed by atoms with van der Waals surface area (Å²) in [6.45, 7) is 2.18. The Hall–Kier alpha value is -0.910. The molecule has 5 heteroatoms. The summed E-state index contributed by atoms with van der Waals surface area (Å²) >= 11 is 3.38. The molecule has 0 heterocycles. The largest absolute Gasteiger partial charge is 0.382 e. The molecule has 1 amide bonds. The molecule has 0 fully saturated rings. The highest BCUT2D eigenvalue weighted by Gasteiger charge is 2.12. The minimum atomic E-state index is -1.12. The minimum absolute atomic E-state index is 0.171. The number of rotatable bonds is 6. The summed E-state index contributed by atoms with van der Waals surface area (Å²) in [5.41, 5.74) is 6.15. The van der Waals surface area contributed by atoms with E-state index in [1.165, 1.54) is 5.56 Å². The summed E-state index contributed by atoms with van der Waals surface area (Å²) in [6, 6.07) is 8.21. The van der Waals surface area contributed by atoms with Crippen molar-refractivity contribution in [2.24, 2.45) is 5.73 Å². The summed E-state index contributed by atoms with van der Waals surface area (Å²) in [5.74, 6) is -0.701. The monoisotopic (exact) mass is 300 g/mol. The number of carbonyl (C=O) groups is 1. The van der Waals surface area contributed by atoms with Gasteiger partial charge in [0.15, 0.2) is 0 Å². The Bertz CT molecular complexity index is 367. The van der Waals surface area contributed by atoms with E-state index in [0.29, 0.717) is 0 Å². The van der Waals surface area contributed by atoms with Crippen LogP contribution in [0, 0.1) is 0 Å². The van der Waals surface area contributed by atoms with Gasteiger partial charge in [0, 0.05) is 17.1 Å². The lowest BCUT2D eigenvalue weighted by atomic mass is 10.1. The fourth-order valence-corrected chi connectivity index (χ4v) is 1.72. The lowest BCUT2D eigenvalue weighted by Crippen LogP contribution is -2.41. The maximum Gasteiger partial charge on any atom is 0.247 e. The topological polar surface area (TPSA) is 75.3 Å². The molecular weight excluding hydrogens is 284 g/mol. The molecule has 2 atom stereocenters. The molecule has 94 valence electrons. The quantitative estimate of drug-likeness (QED) is 0.728. The Morgan fingerprint density at radius 2 is 2.06 bits per heavy atom. The second kappa shape index (κ2) is 6.74. The van der Waals surface area contributed by atoms with Gasteiger partial charge in [-0.1, -0.05) is 28.1 Å². The zero-order valence-electron chi connectivity index (χ0n) is 9.69. The van der Waals surface area contributed by atoms with Crippen molar-refractivity contribution in [3.05, 3.63) is 34.3 Å². The maximum absolute atomic E-state index is 10.6. The van der Waals surface area contributed by atoms with E-state index in [1.54, 1.807) is 0 Å². The molecule has 0 radical (unpaired) electrons. The number of hydrogen-bond donors (Lipinski definition) is 3. The lowest BCUT2D eigenvalue weighted by molar-refractivity contribution is -0.125. The van der Waals surface area contributed by atoms with Crippen LogP contribution in [-0.2, 0) is 11.2 Å². The van der Waals surface area contributed by atoms with E-state index in [-0.39, 0.29) is 12.6 Å². The van der Waals surface area contributed by atoms with Crippen molar-refractivity contribution in [3.8, 4) is 0 Å². The van der Waals surface area contributed by atoms with Crippen LogP contribution in [-0.4, -0.2) is 29.7 Å². The normalized spacial score (nSPS) is 14.3. The average molecular weight is 301 g/mol. The fraction of sp³-hybridized carbons (Fsp3) is 0.417. The Labute approximate surface area is 109 Å². The SMILES string of the molecule is CC(Cc1ccc(Br)cc1)NCC(O)C(N)=O. The smallest absolute Gasteiger partial charge is 0.247 e. The van der Waals surface area contributed by atoms with Crippen molar-refractivity contribution in [1.82, 2.24) is 5.32 Å². The third-order valence-corrected chi connectivity index (χ3v) is 2.97. The van der Waals surface area contributed by atoms with Gasteiger partial charge in [0.2, 0.25) is 5.91 Å². The van der Waals surface area contributed by atoms with Gasteiger partial charge in [-0.25, -0.2) is 0 Å². The molecule has 1 aromatic rings. The number of primary amides is 1. The molecule has 4 N–H and O–H groups in total. The summed E-state index contributed by atoms with van der Waals surface area (Å²) in [7, 11) is 0. The standard InChI is InChI=1S/C12H17BrN2O2/c1-8(15-7-11(16)12(14)17)6-9-2-4-10(13)5-3-9/h2-5,8,11,15-16H,6-7H2,1H3,(H2,14,17). The van der Waals surface area contributed by atoms with Crippen LogP contribution in [0.15, 0.2) is 28.7 Å². The zero-order valence-corrected chi connectivity index (χ0v) is 11.3. The van der Waals surface area contributed by atoms with Crippen molar-refractivity contribution in [2.75, 3.05) is 6.54 Å². The molecule has 0 spiro atoms. The molecule has 0 bridgehead atoms. The van der Waals surface area contributed by atoms with E-state index >= 15 is 0 Å². The first-order valence-electron chi connectivity index (χ1n) is 5.44. The molecule has 0 saturated heterocycles. The second-order valence-corrected chi connectivity index (χ2v) is 4.97. The van der Waals surface area contributed by atoms with Gasteiger partial charge in [0.05, 0.1) is 0 Å². The van der Waals surface area contributed by atoms with Gasteiger partial charge in [0.1, 0.15) is 6.10 Å². The molecule has 0 aliphatic rings. The van der Waals surface area contributed by atoms with E-state index in [9.17, 15) is 9.90 Å². The number of benzene rings is 1. The molecule has 1 rings (SSSR count). The maximum atomic E-state index is 10.6. The minimum Gasteiger partial charge on any atom is -0.382 e. The van der Waals surface area contributed by atoms with E-state index in [2.05, 4.69) is 21.2 Å². The van der Waals surface area contributed by atoms with Crippen LogP contribution in [0.3, 0.4) is 0 Å². The first-order valence-corrected chi connectivity index (χ1v) is 6.23. The Morgan fingerprint density at radius 1 is 1.47 bits per heavy atom. The van der Waals surface area contributed by atoms with E-state index in [4.69, 9.17) is 5.73 Å². The van der Waals surface area contributed by atoms with E-state index in [0.717, 1.165) is 10.9 Å². The Kier molecular flexibility index (Phi) is 5.61. The first-order chi connectivity index (χ1) is 7.99. The highest BCUT2D eigenvalue weighted by atomic mass is 79.9. The molecule has 1 aromatic carbocycles. The van der Waals surface area contributed by atoms with Crippen LogP contribution in [0.25, 0.3) is 0 Å². The number of aliphatic hydroxyl groups excluding tert-OH is 1. The number of nitrogens with one attached hydrogen (secondary N) is 1. The molecule has 0 aromatic heterocycles. The molecule has 17 heavy (non-hydrogen) atoms. The summed E-state index contributed by atoms with van der Waals surface area (Å²) in [4.78, 5) is 10.6. The number of nitrogens with two attached hydrogens (primary N) is 1. The van der Waals surface area contributed by atoms with Crippen molar-refractivity contribution in [3.63, 3.8) is 0 Å². The lowest BCUT2D eigenvalue weighted by Gasteiger charge is -2.15. The summed E-state index contributed by atoms with van der Waals surface area (Å²) < 4.78 is 1.05. The molecule has 0 aliphatic heterocycles. The van der Waals surface area contributed by atoms with Crippen LogP contribution in [0.2, 0.25) is 0 Å². The van der Waals surface area contributed by atoms with E-state index < -0.39 is 12.0 Å². The molecular formula is C12H17BrN2O2. The number of hydrogen-bond acceptors (Lipinski definition) is 3. The van der Waals surface area contributed by atoms with Crippen LogP contribution >= 0.6 is 15.9 Å². The van der Waals surface area contributed by atoms with Gasteiger partial charge < -0.3 is 16.2 Å². The average Bonchev–Trinajstić information content (AvgIpc) is 2.29. The van der Waals surface area contributed by atoms with Gasteiger partial charge in [-0.15, -0.1) is 0 Å². The van der Waals surface area contributed by atoms with Crippen molar-refractivity contribution in [1.29, 1.82) is 0 Å². The van der Waals surface area contributed by atoms with Gasteiger partial charge in [-0.2, -0.15) is 0 Å². The Balaban J connectivity index is 2.36. The molecule has 2 unspecified atom stereocenters.